The third-order valence-electron chi connectivity index (χ3n) is 3.77. The second-order valence-electron chi connectivity index (χ2n) is 6.13. The van der Waals surface area contributed by atoms with E-state index in [9.17, 15) is 4.79 Å². The highest BCUT2D eigenvalue weighted by Gasteiger charge is 2.07. The van der Waals surface area contributed by atoms with Crippen molar-refractivity contribution in [1.82, 2.24) is 5.32 Å². The van der Waals surface area contributed by atoms with Crippen LogP contribution in [0.5, 0.6) is 5.75 Å². The van der Waals surface area contributed by atoms with E-state index in [0.717, 1.165) is 17.7 Å². The Balaban J connectivity index is 1.81. The first-order chi connectivity index (χ1) is 11.6. The number of carbonyl (C=O) groups excluding carboxylic acids is 1. The average molecular weight is 326 g/mol. The molecule has 0 fully saturated rings. The number of hydrogen-bond donors (Lipinski definition) is 2. The summed E-state index contributed by atoms with van der Waals surface area (Å²) < 4.78 is 5.80. The number of benzene rings is 2. The van der Waals surface area contributed by atoms with Crippen LogP contribution in [0.1, 0.15) is 30.0 Å². The summed E-state index contributed by atoms with van der Waals surface area (Å²) in [6, 6.07) is 16.4. The van der Waals surface area contributed by atoms with Crippen molar-refractivity contribution in [2.75, 3.05) is 6.54 Å². The van der Waals surface area contributed by atoms with Crippen LogP contribution in [0.2, 0.25) is 0 Å². The molecule has 0 bridgehead atoms. The van der Waals surface area contributed by atoms with Crippen LogP contribution in [-0.2, 0) is 17.8 Å². The lowest BCUT2D eigenvalue weighted by molar-refractivity contribution is -0.121. The van der Waals surface area contributed by atoms with Gasteiger partial charge >= 0.3 is 0 Å². The highest BCUT2D eigenvalue weighted by atomic mass is 16.5. The van der Waals surface area contributed by atoms with E-state index in [1.165, 1.54) is 11.1 Å². The van der Waals surface area contributed by atoms with Gasteiger partial charge in [0.15, 0.2) is 0 Å². The fourth-order valence-electron chi connectivity index (χ4n) is 2.46. The van der Waals surface area contributed by atoms with E-state index in [-0.39, 0.29) is 11.9 Å². The molecular formula is C20H26N2O2. The van der Waals surface area contributed by atoms with E-state index >= 15 is 0 Å². The van der Waals surface area contributed by atoms with Crippen LogP contribution in [-0.4, -0.2) is 18.5 Å². The smallest absolute Gasteiger partial charge is 0.221 e. The third-order valence-corrected chi connectivity index (χ3v) is 3.77. The molecule has 0 heterocycles. The molecule has 4 heteroatoms. The predicted molar refractivity (Wildman–Crippen MR) is 96.9 cm³/mol. The van der Waals surface area contributed by atoms with Crippen LogP contribution in [0.25, 0.3) is 0 Å². The van der Waals surface area contributed by atoms with Gasteiger partial charge in [0, 0.05) is 19.0 Å². The van der Waals surface area contributed by atoms with Crippen molar-refractivity contribution in [2.45, 2.75) is 39.3 Å². The zero-order valence-electron chi connectivity index (χ0n) is 14.4. The first-order valence-electron chi connectivity index (χ1n) is 8.33. The average Bonchev–Trinajstić information content (AvgIpc) is 2.55. The van der Waals surface area contributed by atoms with Gasteiger partial charge in [0.25, 0.3) is 0 Å². The van der Waals surface area contributed by atoms with E-state index in [1.807, 2.05) is 31.2 Å². The lowest BCUT2D eigenvalue weighted by Crippen LogP contribution is -2.35. The van der Waals surface area contributed by atoms with E-state index in [4.69, 9.17) is 10.5 Å². The summed E-state index contributed by atoms with van der Waals surface area (Å²) in [6.07, 6.45) is 1.16. The highest BCUT2D eigenvalue weighted by Crippen LogP contribution is 2.15. The minimum Gasteiger partial charge on any atom is -0.489 e. The van der Waals surface area contributed by atoms with Crippen LogP contribution >= 0.6 is 0 Å². The number of carbonyl (C=O) groups is 1. The molecule has 0 radical (unpaired) electrons. The Bertz CT molecular complexity index is 636. The molecule has 1 amide bonds. The van der Waals surface area contributed by atoms with E-state index in [0.29, 0.717) is 19.6 Å². The predicted octanol–water partition coefficient (Wildman–Crippen LogP) is 2.97. The van der Waals surface area contributed by atoms with Crippen molar-refractivity contribution < 1.29 is 9.53 Å². The minimum absolute atomic E-state index is 0.00283. The topological polar surface area (TPSA) is 64.3 Å². The summed E-state index contributed by atoms with van der Waals surface area (Å²) in [5, 5.41) is 2.94. The lowest BCUT2D eigenvalue weighted by Gasteiger charge is -2.14. The van der Waals surface area contributed by atoms with Crippen LogP contribution in [0.15, 0.2) is 48.5 Å². The first-order valence-corrected chi connectivity index (χ1v) is 8.33. The Kier molecular flexibility index (Phi) is 6.82. The molecule has 24 heavy (non-hydrogen) atoms. The number of hydrogen-bond acceptors (Lipinski definition) is 3. The molecule has 0 spiro atoms. The van der Waals surface area contributed by atoms with Crippen LogP contribution in [0, 0.1) is 6.92 Å². The van der Waals surface area contributed by atoms with Gasteiger partial charge in [-0.05, 0) is 43.5 Å². The minimum atomic E-state index is 0.00283. The van der Waals surface area contributed by atoms with Gasteiger partial charge in [-0.1, -0.05) is 42.0 Å². The van der Waals surface area contributed by atoms with E-state index < -0.39 is 0 Å². The first kappa shape index (κ1) is 18.0. The summed E-state index contributed by atoms with van der Waals surface area (Å²) in [6.45, 7) is 5.01. The van der Waals surface area contributed by atoms with Gasteiger partial charge < -0.3 is 15.8 Å². The Labute approximate surface area is 144 Å². The maximum absolute atomic E-state index is 11.5. The van der Waals surface area contributed by atoms with E-state index in [2.05, 4.69) is 36.5 Å². The number of nitrogens with one attached hydrogen (secondary N) is 1. The molecule has 2 aromatic carbocycles. The number of ether oxygens (including phenoxy) is 1. The molecule has 2 rings (SSSR count). The SMILES string of the molecule is Cc1ccc(COc2ccc(CC(C)NC(=O)CCN)cc2)cc1. The monoisotopic (exact) mass is 326 g/mol. The molecule has 0 aliphatic rings. The summed E-state index contributed by atoms with van der Waals surface area (Å²) in [7, 11) is 0. The Hall–Kier alpha value is -2.33. The quantitative estimate of drug-likeness (QED) is 0.784. The maximum Gasteiger partial charge on any atom is 0.221 e. The number of nitrogens with two attached hydrogens (primary N) is 1. The number of amides is 1. The summed E-state index contributed by atoms with van der Waals surface area (Å²) in [4.78, 5) is 11.5. The van der Waals surface area contributed by atoms with Crippen molar-refractivity contribution in [3.8, 4) is 5.75 Å². The zero-order chi connectivity index (χ0) is 17.4. The van der Waals surface area contributed by atoms with Crippen molar-refractivity contribution in [3.63, 3.8) is 0 Å². The summed E-state index contributed by atoms with van der Waals surface area (Å²) in [5.41, 5.74) is 8.94. The van der Waals surface area contributed by atoms with Crippen LogP contribution in [0.4, 0.5) is 0 Å². The van der Waals surface area contributed by atoms with Gasteiger partial charge in [-0.3, -0.25) is 4.79 Å². The molecule has 128 valence electrons. The highest BCUT2D eigenvalue weighted by molar-refractivity contribution is 5.76. The fraction of sp³-hybridized carbons (Fsp3) is 0.350. The molecule has 0 saturated heterocycles. The Morgan fingerprint density at radius 2 is 1.71 bits per heavy atom. The van der Waals surface area contributed by atoms with Crippen molar-refractivity contribution >= 4 is 5.91 Å². The molecule has 0 saturated carbocycles. The molecule has 0 aliphatic carbocycles. The number of aryl methyl sites for hydroxylation is 1. The molecule has 1 atom stereocenters. The molecule has 4 nitrogen and oxygen atoms in total. The van der Waals surface area contributed by atoms with Gasteiger partial charge in [-0.15, -0.1) is 0 Å². The van der Waals surface area contributed by atoms with Gasteiger partial charge in [0.1, 0.15) is 12.4 Å². The van der Waals surface area contributed by atoms with Gasteiger partial charge in [-0.2, -0.15) is 0 Å². The molecule has 1 unspecified atom stereocenters. The normalized spacial score (nSPS) is 11.8. The maximum atomic E-state index is 11.5. The van der Waals surface area contributed by atoms with Gasteiger partial charge in [0.05, 0.1) is 0 Å². The third kappa shape index (κ3) is 6.05. The van der Waals surface area contributed by atoms with Gasteiger partial charge in [-0.25, -0.2) is 0 Å². The largest absolute Gasteiger partial charge is 0.489 e. The Morgan fingerprint density at radius 3 is 2.33 bits per heavy atom. The van der Waals surface area contributed by atoms with Gasteiger partial charge in [0.2, 0.25) is 5.91 Å². The standard InChI is InChI=1S/C20H26N2O2/c1-15-3-5-18(6-4-15)14-24-19-9-7-17(8-10-19)13-16(2)22-20(23)11-12-21/h3-10,16H,11-14,21H2,1-2H3,(H,22,23). The van der Waals surface area contributed by atoms with Crippen molar-refractivity contribution in [2.24, 2.45) is 5.73 Å². The van der Waals surface area contributed by atoms with Crippen LogP contribution in [0.3, 0.4) is 0 Å². The molecule has 2 aromatic rings. The second-order valence-corrected chi connectivity index (χ2v) is 6.13. The second kappa shape index (κ2) is 9.08. The van der Waals surface area contributed by atoms with Crippen LogP contribution < -0.4 is 15.8 Å². The summed E-state index contributed by atoms with van der Waals surface area (Å²) >= 11 is 0. The van der Waals surface area contributed by atoms with Crippen molar-refractivity contribution in [3.05, 3.63) is 65.2 Å². The molecule has 0 aliphatic heterocycles. The number of rotatable bonds is 8. The molecule has 3 N–H and O–H groups in total. The summed E-state index contributed by atoms with van der Waals surface area (Å²) in [5.74, 6) is 0.849. The Morgan fingerprint density at radius 1 is 1.08 bits per heavy atom. The van der Waals surface area contributed by atoms with E-state index in [1.54, 1.807) is 0 Å². The fourth-order valence-corrected chi connectivity index (χ4v) is 2.46. The molecular weight excluding hydrogens is 300 g/mol. The van der Waals surface area contributed by atoms with Crippen molar-refractivity contribution in [1.29, 1.82) is 0 Å². The molecule has 0 aromatic heterocycles. The zero-order valence-corrected chi connectivity index (χ0v) is 14.4. The lowest BCUT2D eigenvalue weighted by atomic mass is 10.1.